The monoisotopic (exact) mass is 954 g/mol. The Morgan fingerprint density at radius 3 is 1.64 bits per heavy atom. The van der Waals surface area contributed by atoms with Crippen molar-refractivity contribution in [3.05, 3.63) is 65.2 Å². The van der Waals surface area contributed by atoms with Crippen molar-refractivity contribution in [2.24, 2.45) is 0 Å². The van der Waals surface area contributed by atoms with Crippen LogP contribution in [0.5, 0.6) is 0 Å². The number of aromatic amines is 2. The predicted molar refractivity (Wildman–Crippen MR) is 168 cm³/mol. The van der Waals surface area contributed by atoms with Gasteiger partial charge in [0.1, 0.15) is 30.8 Å². The lowest BCUT2D eigenvalue weighted by molar-refractivity contribution is -0.0461. The molecule has 0 aromatic carbocycles. The molecule has 20 heteroatoms. The molecular weight excluding hydrogens is 929 g/mol. The molecule has 4 unspecified atom stereocenters. The first-order chi connectivity index (χ1) is 19.7. The lowest BCUT2D eigenvalue weighted by Crippen LogP contribution is -2.35. The van der Waals surface area contributed by atoms with Crippen molar-refractivity contribution in [1.82, 2.24) is 19.1 Å². The molecule has 0 amide bonds. The van der Waals surface area contributed by atoms with Gasteiger partial charge < -0.3 is 35.0 Å². The Balaban J connectivity index is 0.000000230. The summed E-state index contributed by atoms with van der Waals surface area (Å²) in [5.74, 6) is 0. The Bertz CT molecular complexity index is 1350. The van der Waals surface area contributed by atoms with E-state index in [0.717, 1.165) is 9.13 Å². The Hall–Kier alpha value is -0.570. The van der Waals surface area contributed by atoms with E-state index in [1.54, 1.807) is 0 Å². The van der Waals surface area contributed by atoms with E-state index in [2.05, 4.69) is 41.8 Å². The minimum Gasteiger partial charge on any atom is -0.394 e. The van der Waals surface area contributed by atoms with E-state index in [0.29, 0.717) is 0 Å². The lowest BCUT2D eigenvalue weighted by atomic mass is 10.2. The highest BCUT2D eigenvalue weighted by molar-refractivity contribution is 14.1. The summed E-state index contributed by atoms with van der Waals surface area (Å²) in [7, 11) is 0. The maximum Gasteiger partial charge on any atom is 0.330 e. The van der Waals surface area contributed by atoms with Crippen molar-refractivity contribution in [2.75, 3.05) is 13.2 Å². The maximum absolute atomic E-state index is 13.3. The first-order valence-electron chi connectivity index (χ1n) is 12.2. The van der Waals surface area contributed by atoms with Crippen LogP contribution < -0.4 is 22.5 Å². The zero-order valence-electron chi connectivity index (χ0n) is 21.2. The standard InChI is InChI=1S/C11H13BrFIN2O5.C11H14BrIN2O6/c12-8(9(13)14)4-2-16(11(20)15-10(4)19)7-1-5(18)6(3-17)21-7;12-9(13)8(18)4-2-15(11(20)14-10(4)19)7-1-5(17)6(3-16)21-7/h2,5-9,17-18H,1,3H2,(H,15,19,20);2,5-9,16-18H,1,3H2,(H,14,19,20)/t2*5-,6+,7+,8?,9?/m00/s1. The molecule has 2 fully saturated rings. The summed E-state index contributed by atoms with van der Waals surface area (Å²) >= 11 is 9.62. The predicted octanol–water partition coefficient (Wildman–Crippen LogP) is -0.289. The van der Waals surface area contributed by atoms with Gasteiger partial charge in [-0.25, -0.2) is 14.0 Å². The molecule has 0 spiro atoms. The molecular formula is C22H27Br2FI2N4O11. The number of nitrogens with zero attached hydrogens (tertiary/aromatic N) is 2. The molecule has 0 aliphatic carbocycles. The molecule has 42 heavy (non-hydrogen) atoms. The SMILES string of the molecule is O=c1[nH]c(=O)n([C@H]2C[C@H](O)[C@@H](CO)O2)cc1C(Br)C(F)I.O=c1[nH]c(=O)n([C@H]2C[C@H](O)[C@@H](CO)O2)cc1C(O)C(Br)I. The summed E-state index contributed by atoms with van der Waals surface area (Å²) in [6, 6.07) is 0. The summed E-state index contributed by atoms with van der Waals surface area (Å²) in [5.41, 5.74) is -2.73. The highest BCUT2D eigenvalue weighted by atomic mass is 127. The number of aromatic nitrogens is 4. The van der Waals surface area contributed by atoms with Crippen molar-refractivity contribution >= 4 is 77.0 Å². The quantitative estimate of drug-likeness (QED) is 0.134. The smallest absolute Gasteiger partial charge is 0.330 e. The summed E-state index contributed by atoms with van der Waals surface area (Å²) in [5, 5.41) is 47.5. The van der Waals surface area contributed by atoms with Gasteiger partial charge in [-0.15, -0.1) is 0 Å². The molecule has 2 aromatic heterocycles. The van der Waals surface area contributed by atoms with Crippen molar-refractivity contribution < 1.29 is 39.4 Å². The van der Waals surface area contributed by atoms with Crippen LogP contribution in [0.4, 0.5) is 4.39 Å². The Morgan fingerprint density at radius 2 is 1.29 bits per heavy atom. The molecule has 0 bridgehead atoms. The van der Waals surface area contributed by atoms with E-state index in [1.807, 2.05) is 22.6 Å². The van der Waals surface area contributed by atoms with Crippen LogP contribution >= 0.6 is 77.0 Å². The summed E-state index contributed by atoms with van der Waals surface area (Å²) < 4.78 is 24.5. The van der Waals surface area contributed by atoms with Gasteiger partial charge in [0, 0.05) is 25.2 Å². The average molecular weight is 956 g/mol. The maximum atomic E-state index is 13.3. The van der Waals surface area contributed by atoms with Crippen LogP contribution in [-0.2, 0) is 9.47 Å². The van der Waals surface area contributed by atoms with Gasteiger partial charge in [-0.1, -0.05) is 54.5 Å². The second-order valence-electron chi connectivity index (χ2n) is 9.25. The minimum atomic E-state index is -1.37. The molecule has 236 valence electrons. The van der Waals surface area contributed by atoms with Gasteiger partial charge in [-0.2, -0.15) is 0 Å². The second kappa shape index (κ2) is 15.6. The largest absolute Gasteiger partial charge is 0.394 e. The number of H-pyrrole nitrogens is 2. The van der Waals surface area contributed by atoms with Crippen LogP contribution in [0.1, 0.15) is 47.4 Å². The van der Waals surface area contributed by atoms with Crippen LogP contribution in [0.3, 0.4) is 0 Å². The number of hydrogen-bond acceptors (Lipinski definition) is 11. The topological polar surface area (TPSA) is 229 Å². The summed E-state index contributed by atoms with van der Waals surface area (Å²) in [4.78, 5) is 50.5. The fraction of sp³-hybridized carbons (Fsp3) is 0.636. The van der Waals surface area contributed by atoms with Gasteiger partial charge in [0.15, 0.2) is 4.18 Å². The number of halogens is 5. The zero-order valence-corrected chi connectivity index (χ0v) is 28.7. The van der Waals surface area contributed by atoms with Crippen LogP contribution in [0.15, 0.2) is 31.6 Å². The molecule has 4 rings (SSSR count). The zero-order chi connectivity index (χ0) is 31.5. The normalized spacial score (nSPS) is 28.5. The molecule has 7 N–H and O–H groups in total. The number of nitrogens with one attached hydrogen (secondary N) is 2. The van der Waals surface area contributed by atoms with E-state index in [-0.39, 0.29) is 37.2 Å². The average Bonchev–Trinajstić information content (AvgIpc) is 3.49. The van der Waals surface area contributed by atoms with Gasteiger partial charge in [-0.05, 0) is 22.6 Å². The fourth-order valence-corrected chi connectivity index (χ4v) is 5.59. The van der Waals surface area contributed by atoms with Gasteiger partial charge >= 0.3 is 11.4 Å². The van der Waals surface area contributed by atoms with Crippen molar-refractivity contribution in [3.8, 4) is 0 Å². The molecule has 4 heterocycles. The van der Waals surface area contributed by atoms with Gasteiger partial charge in [0.2, 0.25) is 0 Å². The van der Waals surface area contributed by atoms with Gasteiger partial charge in [0.05, 0.1) is 44.2 Å². The van der Waals surface area contributed by atoms with Crippen molar-refractivity contribution in [2.45, 2.75) is 67.7 Å². The Morgan fingerprint density at radius 1 is 0.881 bits per heavy atom. The number of hydrogen-bond donors (Lipinski definition) is 7. The number of aliphatic hydroxyl groups excluding tert-OH is 5. The van der Waals surface area contributed by atoms with Crippen LogP contribution in [0, 0.1) is 0 Å². The van der Waals surface area contributed by atoms with Gasteiger partial charge in [-0.3, -0.25) is 28.7 Å². The van der Waals surface area contributed by atoms with E-state index < -0.39 is 77.3 Å². The third-order valence-electron chi connectivity index (χ3n) is 6.46. The van der Waals surface area contributed by atoms with E-state index in [9.17, 15) is 38.9 Å². The molecule has 2 saturated heterocycles. The number of ether oxygens (including phenoxy) is 2. The summed E-state index contributed by atoms with van der Waals surface area (Å²) in [6.45, 7) is -0.757. The molecule has 15 nitrogen and oxygen atoms in total. The third-order valence-corrected chi connectivity index (χ3v) is 10.3. The molecule has 10 atom stereocenters. The van der Waals surface area contributed by atoms with Crippen LogP contribution in [-0.4, -0.2) is 89.3 Å². The van der Waals surface area contributed by atoms with Gasteiger partial charge in [0.25, 0.3) is 11.1 Å². The fourth-order valence-electron chi connectivity index (χ4n) is 4.21. The first kappa shape index (κ1) is 35.9. The van der Waals surface area contributed by atoms with Crippen molar-refractivity contribution in [3.63, 3.8) is 0 Å². The Kier molecular flexibility index (Phi) is 13.4. The van der Waals surface area contributed by atoms with E-state index >= 15 is 0 Å². The number of aliphatic hydroxyl groups is 5. The molecule has 0 saturated carbocycles. The second-order valence-corrected chi connectivity index (χ2v) is 15.5. The third kappa shape index (κ3) is 8.37. The van der Waals surface area contributed by atoms with E-state index in [1.165, 1.54) is 35.0 Å². The molecule has 0 radical (unpaired) electrons. The number of rotatable bonds is 8. The lowest BCUT2D eigenvalue weighted by Gasteiger charge is -2.17. The highest BCUT2D eigenvalue weighted by Crippen LogP contribution is 2.32. The molecule has 2 aliphatic rings. The first-order valence-corrected chi connectivity index (χ1v) is 16.5. The molecule has 2 aromatic rings. The van der Waals surface area contributed by atoms with E-state index in [4.69, 9.17) is 19.7 Å². The molecule has 2 aliphatic heterocycles. The number of alkyl halides is 5. The summed E-state index contributed by atoms with van der Waals surface area (Å²) in [6.07, 6.45) is -3.52. The Labute approximate surface area is 279 Å². The van der Waals surface area contributed by atoms with Crippen LogP contribution in [0.2, 0.25) is 0 Å². The van der Waals surface area contributed by atoms with Crippen molar-refractivity contribution in [1.29, 1.82) is 0 Å². The minimum absolute atomic E-state index is 0.0106. The highest BCUT2D eigenvalue weighted by Gasteiger charge is 2.36. The van der Waals surface area contributed by atoms with Crippen LogP contribution in [0.25, 0.3) is 0 Å².